The van der Waals surface area contributed by atoms with Gasteiger partial charge in [0, 0.05) is 11.8 Å². The van der Waals surface area contributed by atoms with Gasteiger partial charge in [-0.15, -0.1) is 0 Å². The Morgan fingerprint density at radius 2 is 2.07 bits per heavy atom. The van der Waals surface area contributed by atoms with Crippen LogP contribution in [-0.4, -0.2) is 36.1 Å². The molecule has 0 spiro atoms. The van der Waals surface area contributed by atoms with Crippen molar-refractivity contribution in [2.45, 2.75) is 6.92 Å². The summed E-state index contributed by atoms with van der Waals surface area (Å²) in [6.07, 6.45) is 1.46. The van der Waals surface area contributed by atoms with Crippen molar-refractivity contribution < 1.29 is 9.84 Å². The van der Waals surface area contributed by atoms with Gasteiger partial charge in [0.1, 0.15) is 0 Å². The third-order valence-corrected chi connectivity index (χ3v) is 2.49. The molecule has 1 aromatic rings. The van der Waals surface area contributed by atoms with Crippen LogP contribution in [-0.2, 0) is 4.74 Å². The highest BCUT2D eigenvalue weighted by molar-refractivity contribution is 5.21. The molecule has 1 aromatic heterocycles. The van der Waals surface area contributed by atoms with Crippen LogP contribution in [0.2, 0.25) is 0 Å². The Morgan fingerprint density at radius 1 is 1.40 bits per heavy atom. The largest absolute Gasteiger partial charge is 0.503 e. The van der Waals surface area contributed by atoms with E-state index in [0.29, 0.717) is 13.2 Å². The topological polar surface area (TPSA) is 54.7 Å². The molecule has 0 atom stereocenters. The maximum atomic E-state index is 11.2. The molecule has 0 unspecified atom stereocenters. The summed E-state index contributed by atoms with van der Waals surface area (Å²) in [6, 6.07) is 1.44. The van der Waals surface area contributed by atoms with Gasteiger partial charge in [0.25, 0.3) is 0 Å². The summed E-state index contributed by atoms with van der Waals surface area (Å²) >= 11 is 0. The first-order valence-electron chi connectivity index (χ1n) is 4.94. The van der Waals surface area contributed by atoms with Crippen LogP contribution in [0, 0.1) is 6.92 Å². The molecule has 0 aromatic carbocycles. The minimum absolute atomic E-state index is 0.216. The van der Waals surface area contributed by atoms with Gasteiger partial charge in [-0.05, 0) is 6.92 Å². The molecule has 82 valence electrons. The SMILES string of the molecule is Cc1cc(=O)c(O)cn1N1CCOCC1. The Hall–Kier alpha value is -1.49. The van der Waals surface area contributed by atoms with Gasteiger partial charge >= 0.3 is 0 Å². The van der Waals surface area contributed by atoms with E-state index in [9.17, 15) is 9.90 Å². The molecular formula is C10H14N2O3. The molecule has 0 aliphatic carbocycles. The van der Waals surface area contributed by atoms with Gasteiger partial charge in [0.15, 0.2) is 5.75 Å². The van der Waals surface area contributed by atoms with Crippen LogP contribution in [0.4, 0.5) is 0 Å². The first kappa shape index (κ1) is 10.0. The Labute approximate surface area is 87.5 Å². The third kappa shape index (κ3) is 1.97. The average Bonchev–Trinajstić information content (AvgIpc) is 2.25. The van der Waals surface area contributed by atoms with Crippen LogP contribution in [0.15, 0.2) is 17.1 Å². The number of ether oxygens (including phenoxy) is 1. The zero-order valence-corrected chi connectivity index (χ0v) is 8.64. The number of aromatic hydroxyl groups is 1. The highest BCUT2D eigenvalue weighted by atomic mass is 16.5. The van der Waals surface area contributed by atoms with E-state index in [0.717, 1.165) is 18.8 Å². The molecular weight excluding hydrogens is 196 g/mol. The number of hydrogen-bond donors (Lipinski definition) is 1. The summed E-state index contributed by atoms with van der Waals surface area (Å²) in [5.74, 6) is -0.216. The van der Waals surface area contributed by atoms with E-state index in [-0.39, 0.29) is 11.2 Å². The maximum Gasteiger partial charge on any atom is 0.223 e. The number of rotatable bonds is 1. The quantitative estimate of drug-likeness (QED) is 0.699. The second-order valence-corrected chi connectivity index (χ2v) is 3.57. The lowest BCUT2D eigenvalue weighted by atomic mass is 10.3. The maximum absolute atomic E-state index is 11.2. The standard InChI is InChI=1S/C10H14N2O3/c1-8-6-9(13)10(14)7-12(8)11-2-4-15-5-3-11/h6-7,14H,2-5H2,1H3. The molecule has 5 nitrogen and oxygen atoms in total. The van der Waals surface area contributed by atoms with Crippen molar-refractivity contribution in [1.29, 1.82) is 0 Å². The van der Waals surface area contributed by atoms with Crippen molar-refractivity contribution >= 4 is 0 Å². The van der Waals surface area contributed by atoms with Crippen LogP contribution >= 0.6 is 0 Å². The van der Waals surface area contributed by atoms with Crippen molar-refractivity contribution in [1.82, 2.24) is 4.68 Å². The first-order chi connectivity index (χ1) is 7.18. The number of aryl methyl sites for hydroxylation is 1. The van der Waals surface area contributed by atoms with Crippen LogP contribution in [0.3, 0.4) is 0 Å². The minimum Gasteiger partial charge on any atom is -0.503 e. The Morgan fingerprint density at radius 3 is 2.73 bits per heavy atom. The van der Waals surface area contributed by atoms with Crippen LogP contribution in [0.1, 0.15) is 5.69 Å². The van der Waals surface area contributed by atoms with Crippen LogP contribution < -0.4 is 10.4 Å². The molecule has 0 bridgehead atoms. The second-order valence-electron chi connectivity index (χ2n) is 3.57. The lowest BCUT2D eigenvalue weighted by Crippen LogP contribution is -2.44. The van der Waals surface area contributed by atoms with E-state index in [1.165, 1.54) is 12.3 Å². The van der Waals surface area contributed by atoms with E-state index in [2.05, 4.69) is 0 Å². The number of morpholine rings is 1. The molecule has 0 amide bonds. The van der Waals surface area contributed by atoms with Crippen molar-refractivity contribution in [2.75, 3.05) is 31.3 Å². The number of aromatic nitrogens is 1. The normalized spacial score (nSPS) is 16.7. The summed E-state index contributed by atoms with van der Waals surface area (Å²) in [5, 5.41) is 11.4. The third-order valence-electron chi connectivity index (χ3n) is 2.49. The molecule has 2 heterocycles. The van der Waals surface area contributed by atoms with E-state index in [4.69, 9.17) is 4.74 Å². The molecule has 1 saturated heterocycles. The van der Waals surface area contributed by atoms with Gasteiger partial charge in [-0.2, -0.15) is 0 Å². The zero-order valence-electron chi connectivity index (χ0n) is 8.64. The summed E-state index contributed by atoms with van der Waals surface area (Å²) in [4.78, 5) is 11.2. The molecule has 1 fully saturated rings. The predicted octanol–water partition coefficient (Wildman–Crippen LogP) is -0.169. The van der Waals surface area contributed by atoms with E-state index >= 15 is 0 Å². The fraction of sp³-hybridized carbons (Fsp3) is 0.500. The summed E-state index contributed by atoms with van der Waals surface area (Å²) in [7, 11) is 0. The lowest BCUT2D eigenvalue weighted by Gasteiger charge is -2.32. The fourth-order valence-corrected chi connectivity index (χ4v) is 1.68. The van der Waals surface area contributed by atoms with Crippen LogP contribution in [0.5, 0.6) is 5.75 Å². The Bertz CT molecular complexity index is 408. The molecule has 1 N–H and O–H groups in total. The lowest BCUT2D eigenvalue weighted by molar-refractivity contribution is 0.110. The first-order valence-corrected chi connectivity index (χ1v) is 4.94. The summed E-state index contributed by atoms with van der Waals surface area (Å²) in [5.41, 5.74) is 0.483. The molecule has 0 saturated carbocycles. The smallest absolute Gasteiger partial charge is 0.223 e. The highest BCUT2D eigenvalue weighted by Gasteiger charge is 2.12. The monoisotopic (exact) mass is 210 g/mol. The summed E-state index contributed by atoms with van der Waals surface area (Å²) < 4.78 is 7.04. The van der Waals surface area contributed by atoms with Crippen molar-refractivity contribution in [3.05, 3.63) is 28.2 Å². The Balaban J connectivity index is 2.34. The number of nitrogens with zero attached hydrogens (tertiary/aromatic N) is 2. The highest BCUT2D eigenvalue weighted by Crippen LogP contribution is 2.06. The number of hydrogen-bond acceptors (Lipinski definition) is 4. The molecule has 2 rings (SSSR count). The minimum atomic E-state index is -0.336. The van der Waals surface area contributed by atoms with Gasteiger partial charge in [-0.1, -0.05) is 0 Å². The van der Waals surface area contributed by atoms with Crippen LogP contribution in [0.25, 0.3) is 0 Å². The number of pyridine rings is 1. The molecule has 1 aliphatic heterocycles. The second kappa shape index (κ2) is 3.94. The van der Waals surface area contributed by atoms with Gasteiger partial charge in [-0.25, -0.2) is 0 Å². The van der Waals surface area contributed by atoms with Gasteiger partial charge < -0.3 is 14.9 Å². The van der Waals surface area contributed by atoms with Crippen molar-refractivity contribution in [3.8, 4) is 5.75 Å². The van der Waals surface area contributed by atoms with Crippen molar-refractivity contribution in [2.24, 2.45) is 0 Å². The zero-order chi connectivity index (χ0) is 10.8. The van der Waals surface area contributed by atoms with Gasteiger partial charge in [-0.3, -0.25) is 9.47 Å². The van der Waals surface area contributed by atoms with Crippen molar-refractivity contribution in [3.63, 3.8) is 0 Å². The van der Waals surface area contributed by atoms with E-state index < -0.39 is 0 Å². The Kier molecular flexibility index (Phi) is 2.64. The van der Waals surface area contributed by atoms with E-state index in [1.807, 2.05) is 11.9 Å². The molecule has 0 radical (unpaired) electrons. The van der Waals surface area contributed by atoms with Gasteiger partial charge in [0.05, 0.1) is 32.5 Å². The summed E-state index contributed by atoms with van der Waals surface area (Å²) in [6.45, 7) is 4.72. The van der Waals surface area contributed by atoms with Gasteiger partial charge in [0.2, 0.25) is 5.43 Å². The average molecular weight is 210 g/mol. The predicted molar refractivity (Wildman–Crippen MR) is 55.9 cm³/mol. The molecule has 5 heteroatoms. The molecule has 15 heavy (non-hydrogen) atoms. The van der Waals surface area contributed by atoms with E-state index in [1.54, 1.807) is 4.68 Å². The fourth-order valence-electron chi connectivity index (χ4n) is 1.68. The molecule has 1 aliphatic rings.